The van der Waals surface area contributed by atoms with Crippen molar-refractivity contribution in [1.82, 2.24) is 5.32 Å². The molecule has 2 nitrogen and oxygen atoms in total. The van der Waals surface area contributed by atoms with Crippen LogP contribution in [0.5, 0.6) is 0 Å². The van der Waals surface area contributed by atoms with Crippen LogP contribution in [0.2, 0.25) is 0 Å². The van der Waals surface area contributed by atoms with E-state index in [1.165, 1.54) is 11.1 Å². The van der Waals surface area contributed by atoms with Crippen LogP contribution in [-0.4, -0.2) is 17.2 Å². The van der Waals surface area contributed by atoms with E-state index in [0.29, 0.717) is 6.54 Å². The van der Waals surface area contributed by atoms with Crippen molar-refractivity contribution < 1.29 is 5.11 Å². The molecular formula is C14H23NO. The summed E-state index contributed by atoms with van der Waals surface area (Å²) in [6, 6.07) is 6.12. The summed E-state index contributed by atoms with van der Waals surface area (Å²) in [5, 5.41) is 13.3. The summed E-state index contributed by atoms with van der Waals surface area (Å²) < 4.78 is 0. The molecule has 1 atom stereocenters. The Morgan fingerprint density at radius 1 is 1.19 bits per heavy atom. The van der Waals surface area contributed by atoms with Crippen molar-refractivity contribution in [1.29, 1.82) is 0 Å². The number of benzene rings is 1. The second-order valence-corrected chi connectivity index (χ2v) is 5.49. The maximum absolute atomic E-state index is 10.0. The van der Waals surface area contributed by atoms with Crippen LogP contribution in [0.25, 0.3) is 0 Å². The zero-order chi connectivity index (χ0) is 12.3. The number of nitrogens with one attached hydrogen (secondary N) is 1. The van der Waals surface area contributed by atoms with Crippen molar-refractivity contribution >= 4 is 0 Å². The molecule has 0 amide bonds. The zero-order valence-corrected chi connectivity index (χ0v) is 11.0. The molecule has 0 heterocycles. The maximum Gasteiger partial charge on any atom is 0.0914 e. The van der Waals surface area contributed by atoms with Gasteiger partial charge in [-0.15, -0.1) is 0 Å². The molecule has 1 rings (SSSR count). The molecule has 0 fully saturated rings. The Bertz CT molecular complexity index is 352. The highest BCUT2D eigenvalue weighted by Crippen LogP contribution is 2.17. The SMILES string of the molecule is Cc1ccc(C(O)CNC(C)(C)C)cc1C. The highest BCUT2D eigenvalue weighted by molar-refractivity contribution is 5.31. The number of hydrogen-bond donors (Lipinski definition) is 2. The van der Waals surface area contributed by atoms with Gasteiger partial charge < -0.3 is 10.4 Å². The Balaban J connectivity index is 2.66. The van der Waals surface area contributed by atoms with Crippen molar-refractivity contribution in [2.24, 2.45) is 0 Å². The summed E-state index contributed by atoms with van der Waals surface area (Å²) >= 11 is 0. The van der Waals surface area contributed by atoms with Crippen LogP contribution >= 0.6 is 0 Å². The fraction of sp³-hybridized carbons (Fsp3) is 0.571. The molecule has 0 aliphatic carbocycles. The Labute approximate surface area is 98.7 Å². The molecule has 0 spiro atoms. The van der Waals surface area contributed by atoms with Crippen molar-refractivity contribution in [3.63, 3.8) is 0 Å². The van der Waals surface area contributed by atoms with Gasteiger partial charge in [0.1, 0.15) is 0 Å². The molecule has 0 bridgehead atoms. The van der Waals surface area contributed by atoms with E-state index in [1.807, 2.05) is 6.07 Å². The fourth-order valence-electron chi connectivity index (χ4n) is 1.49. The molecule has 2 heteroatoms. The molecule has 1 aromatic rings. The maximum atomic E-state index is 10.0. The van der Waals surface area contributed by atoms with Crippen LogP contribution < -0.4 is 5.32 Å². The zero-order valence-electron chi connectivity index (χ0n) is 11.0. The molecule has 0 aliphatic heterocycles. The van der Waals surface area contributed by atoms with Gasteiger partial charge in [0.15, 0.2) is 0 Å². The molecule has 0 aromatic heterocycles. The van der Waals surface area contributed by atoms with E-state index >= 15 is 0 Å². The van der Waals surface area contributed by atoms with Gasteiger partial charge in [-0.2, -0.15) is 0 Å². The third-order valence-electron chi connectivity index (χ3n) is 2.74. The summed E-state index contributed by atoms with van der Waals surface area (Å²) in [6.07, 6.45) is -0.432. The van der Waals surface area contributed by atoms with Crippen molar-refractivity contribution in [3.8, 4) is 0 Å². The van der Waals surface area contributed by atoms with E-state index in [-0.39, 0.29) is 5.54 Å². The minimum absolute atomic E-state index is 0.0424. The third kappa shape index (κ3) is 3.95. The summed E-state index contributed by atoms with van der Waals surface area (Å²) in [6.45, 7) is 11.0. The van der Waals surface area contributed by atoms with Crippen LogP contribution in [0, 0.1) is 13.8 Å². The second kappa shape index (κ2) is 4.98. The van der Waals surface area contributed by atoms with E-state index in [4.69, 9.17) is 0 Å². The van der Waals surface area contributed by atoms with Gasteiger partial charge >= 0.3 is 0 Å². The van der Waals surface area contributed by atoms with Crippen molar-refractivity contribution in [2.45, 2.75) is 46.3 Å². The van der Waals surface area contributed by atoms with Crippen molar-refractivity contribution in [2.75, 3.05) is 6.54 Å². The molecule has 90 valence electrons. The normalized spacial score (nSPS) is 13.9. The first-order valence-electron chi connectivity index (χ1n) is 5.80. The summed E-state index contributed by atoms with van der Waals surface area (Å²) in [5.74, 6) is 0. The monoisotopic (exact) mass is 221 g/mol. The molecule has 0 saturated heterocycles. The molecule has 0 aliphatic rings. The van der Waals surface area contributed by atoms with Gasteiger partial charge in [0, 0.05) is 12.1 Å². The Hall–Kier alpha value is -0.860. The number of hydrogen-bond acceptors (Lipinski definition) is 2. The lowest BCUT2D eigenvalue weighted by atomic mass is 10.0. The van der Waals surface area contributed by atoms with E-state index in [1.54, 1.807) is 0 Å². The van der Waals surface area contributed by atoms with E-state index in [2.05, 4.69) is 52.1 Å². The third-order valence-corrected chi connectivity index (χ3v) is 2.74. The van der Waals surface area contributed by atoms with Gasteiger partial charge in [0.25, 0.3) is 0 Å². The number of aliphatic hydroxyl groups is 1. The Morgan fingerprint density at radius 3 is 2.31 bits per heavy atom. The van der Waals surface area contributed by atoms with Gasteiger partial charge in [-0.05, 0) is 51.3 Å². The number of rotatable bonds is 3. The second-order valence-electron chi connectivity index (χ2n) is 5.49. The van der Waals surface area contributed by atoms with Crippen LogP contribution in [0.15, 0.2) is 18.2 Å². The fourth-order valence-corrected chi connectivity index (χ4v) is 1.49. The lowest BCUT2D eigenvalue weighted by Gasteiger charge is -2.23. The first-order valence-corrected chi connectivity index (χ1v) is 5.80. The van der Waals surface area contributed by atoms with Gasteiger partial charge in [-0.1, -0.05) is 18.2 Å². The van der Waals surface area contributed by atoms with Gasteiger partial charge in [-0.3, -0.25) is 0 Å². The van der Waals surface area contributed by atoms with Gasteiger partial charge in [0.05, 0.1) is 6.10 Å². The molecular weight excluding hydrogens is 198 g/mol. The average Bonchev–Trinajstić information content (AvgIpc) is 2.17. The topological polar surface area (TPSA) is 32.3 Å². The van der Waals surface area contributed by atoms with Gasteiger partial charge in [0.2, 0.25) is 0 Å². The summed E-state index contributed by atoms with van der Waals surface area (Å²) in [4.78, 5) is 0. The predicted octanol–water partition coefficient (Wildman–Crippen LogP) is 2.72. The number of aliphatic hydroxyl groups excluding tert-OH is 1. The number of aryl methyl sites for hydroxylation is 2. The first-order chi connectivity index (χ1) is 7.29. The average molecular weight is 221 g/mol. The molecule has 0 radical (unpaired) electrons. The smallest absolute Gasteiger partial charge is 0.0914 e. The molecule has 1 unspecified atom stereocenters. The quantitative estimate of drug-likeness (QED) is 0.822. The van der Waals surface area contributed by atoms with E-state index in [9.17, 15) is 5.11 Å². The molecule has 16 heavy (non-hydrogen) atoms. The Kier molecular flexibility index (Phi) is 4.11. The van der Waals surface area contributed by atoms with Crippen molar-refractivity contribution in [3.05, 3.63) is 34.9 Å². The Morgan fingerprint density at radius 2 is 1.81 bits per heavy atom. The highest BCUT2D eigenvalue weighted by Gasteiger charge is 2.13. The van der Waals surface area contributed by atoms with Crippen LogP contribution in [0.4, 0.5) is 0 Å². The van der Waals surface area contributed by atoms with Gasteiger partial charge in [-0.25, -0.2) is 0 Å². The summed E-state index contributed by atoms with van der Waals surface area (Å²) in [5.41, 5.74) is 3.52. The highest BCUT2D eigenvalue weighted by atomic mass is 16.3. The van der Waals surface area contributed by atoms with Crippen LogP contribution in [0.1, 0.15) is 43.6 Å². The van der Waals surface area contributed by atoms with E-state index in [0.717, 1.165) is 5.56 Å². The van der Waals surface area contributed by atoms with Crippen LogP contribution in [0.3, 0.4) is 0 Å². The minimum Gasteiger partial charge on any atom is -0.387 e. The number of β-amino-alcohol motifs (C(OH)–C–C–N with tert-alkyl or cyclic N) is 1. The largest absolute Gasteiger partial charge is 0.387 e. The molecule has 0 saturated carbocycles. The molecule has 2 N–H and O–H groups in total. The lowest BCUT2D eigenvalue weighted by Crippen LogP contribution is -2.38. The predicted molar refractivity (Wildman–Crippen MR) is 68.6 cm³/mol. The summed E-state index contributed by atoms with van der Waals surface area (Å²) in [7, 11) is 0. The first kappa shape index (κ1) is 13.2. The standard InChI is InChI=1S/C14H23NO/c1-10-6-7-12(8-11(10)2)13(16)9-15-14(3,4)5/h6-8,13,15-16H,9H2,1-5H3. The molecule has 1 aromatic carbocycles. The minimum atomic E-state index is -0.432. The van der Waals surface area contributed by atoms with E-state index < -0.39 is 6.10 Å². The van der Waals surface area contributed by atoms with Crippen LogP contribution in [-0.2, 0) is 0 Å². The lowest BCUT2D eigenvalue weighted by molar-refractivity contribution is 0.163.